The van der Waals surface area contributed by atoms with Crippen molar-refractivity contribution in [3.05, 3.63) is 40.5 Å². The van der Waals surface area contributed by atoms with E-state index in [0.29, 0.717) is 5.56 Å². The third-order valence-corrected chi connectivity index (χ3v) is 2.91. The van der Waals surface area contributed by atoms with E-state index in [9.17, 15) is 4.79 Å². The van der Waals surface area contributed by atoms with Gasteiger partial charge in [-0.3, -0.25) is 4.79 Å². The summed E-state index contributed by atoms with van der Waals surface area (Å²) < 4.78 is 0. The number of Topliss-reactive ketones (excluding diaryl/α,β-unsaturated/α-hetero) is 1. The number of halogens is 1. The maximum absolute atomic E-state index is 11.3. The molecule has 0 aliphatic rings. The lowest BCUT2D eigenvalue weighted by molar-refractivity contribution is 0.101. The van der Waals surface area contributed by atoms with Crippen LogP contribution in [0.4, 0.5) is 0 Å². The highest BCUT2D eigenvalue weighted by Crippen LogP contribution is 2.22. The van der Waals surface area contributed by atoms with E-state index < -0.39 is 0 Å². The van der Waals surface area contributed by atoms with Gasteiger partial charge < -0.3 is 0 Å². The maximum Gasteiger partial charge on any atom is 0.162 e. The van der Waals surface area contributed by atoms with Gasteiger partial charge in [-0.2, -0.15) is 0 Å². The fourth-order valence-electron chi connectivity index (χ4n) is 1.67. The molecule has 0 unspecified atom stereocenters. The second-order valence-corrected chi connectivity index (χ2v) is 4.12. The number of aryl methyl sites for hydroxylation is 1. The van der Waals surface area contributed by atoms with Crippen LogP contribution in [0.5, 0.6) is 0 Å². The van der Waals surface area contributed by atoms with E-state index in [4.69, 9.17) is 11.6 Å². The van der Waals surface area contributed by atoms with E-state index in [2.05, 4.69) is 11.9 Å². The van der Waals surface area contributed by atoms with Crippen LogP contribution in [0, 0.1) is 0 Å². The Balaban J connectivity index is 2.70. The van der Waals surface area contributed by atoms with Crippen molar-refractivity contribution in [2.75, 3.05) is 0 Å². The number of ketones is 1. The Bertz CT molecular complexity index is 563. The molecule has 0 fully saturated rings. The number of carbonyl (C=O) groups excluding carboxylic acids is 1. The highest BCUT2D eigenvalue weighted by Gasteiger charge is 2.08. The summed E-state index contributed by atoms with van der Waals surface area (Å²) in [4.78, 5) is 15.6. The molecule has 2 aromatic rings. The molecule has 2 nitrogen and oxygen atoms in total. The fourth-order valence-corrected chi connectivity index (χ4v) is 1.95. The molecular weight excluding hydrogens is 222 g/mol. The summed E-state index contributed by atoms with van der Waals surface area (Å²) in [5.41, 5.74) is 2.54. The molecule has 82 valence electrons. The lowest BCUT2D eigenvalue weighted by Crippen LogP contribution is -1.96. The number of aromatic nitrogens is 1. The normalized spacial score (nSPS) is 10.7. The van der Waals surface area contributed by atoms with Crippen LogP contribution < -0.4 is 0 Å². The standard InChI is InChI=1S/C13H12ClNO/c1-3-9-4-5-12-10(6-9)7-11(8(2)16)13(14)15-12/h4-7H,3H2,1-2H3. The van der Waals surface area contributed by atoms with Gasteiger partial charge in [0.1, 0.15) is 5.15 Å². The first-order chi connectivity index (χ1) is 7.61. The number of carbonyl (C=O) groups is 1. The molecule has 0 saturated carbocycles. The van der Waals surface area contributed by atoms with Crippen LogP contribution in [0.1, 0.15) is 29.8 Å². The largest absolute Gasteiger partial charge is 0.294 e. The van der Waals surface area contributed by atoms with Gasteiger partial charge in [0, 0.05) is 5.39 Å². The summed E-state index contributed by atoms with van der Waals surface area (Å²) in [6.45, 7) is 3.59. The molecular formula is C13H12ClNO. The van der Waals surface area contributed by atoms with Gasteiger partial charge in [0.25, 0.3) is 0 Å². The molecule has 0 atom stereocenters. The van der Waals surface area contributed by atoms with Crippen molar-refractivity contribution < 1.29 is 4.79 Å². The Morgan fingerprint density at radius 2 is 2.12 bits per heavy atom. The molecule has 1 aromatic heterocycles. The highest BCUT2D eigenvalue weighted by molar-refractivity contribution is 6.33. The first kappa shape index (κ1) is 11.1. The van der Waals surface area contributed by atoms with Gasteiger partial charge in [-0.15, -0.1) is 0 Å². The van der Waals surface area contributed by atoms with E-state index in [-0.39, 0.29) is 10.9 Å². The van der Waals surface area contributed by atoms with Gasteiger partial charge in [0.2, 0.25) is 0 Å². The molecule has 0 radical (unpaired) electrons. The predicted molar refractivity (Wildman–Crippen MR) is 66.1 cm³/mol. The predicted octanol–water partition coefficient (Wildman–Crippen LogP) is 3.65. The first-order valence-corrected chi connectivity index (χ1v) is 5.59. The summed E-state index contributed by atoms with van der Waals surface area (Å²) >= 11 is 5.94. The van der Waals surface area contributed by atoms with Crippen molar-refractivity contribution in [1.82, 2.24) is 4.98 Å². The topological polar surface area (TPSA) is 30.0 Å². The Morgan fingerprint density at radius 1 is 1.38 bits per heavy atom. The fraction of sp³-hybridized carbons (Fsp3) is 0.231. The molecule has 2 rings (SSSR count). The highest BCUT2D eigenvalue weighted by atomic mass is 35.5. The Kier molecular flexibility index (Phi) is 2.92. The van der Waals surface area contributed by atoms with Crippen molar-refractivity contribution >= 4 is 28.3 Å². The maximum atomic E-state index is 11.3. The minimum atomic E-state index is -0.0544. The van der Waals surface area contributed by atoms with Gasteiger partial charge in [-0.25, -0.2) is 4.98 Å². The number of nitrogens with zero attached hydrogens (tertiary/aromatic N) is 1. The van der Waals surface area contributed by atoms with E-state index in [0.717, 1.165) is 17.3 Å². The zero-order valence-electron chi connectivity index (χ0n) is 9.25. The summed E-state index contributed by atoms with van der Waals surface area (Å²) in [5, 5.41) is 1.25. The van der Waals surface area contributed by atoms with E-state index in [1.807, 2.05) is 24.3 Å². The molecule has 0 saturated heterocycles. The van der Waals surface area contributed by atoms with Crippen LogP contribution in [0.25, 0.3) is 10.9 Å². The smallest absolute Gasteiger partial charge is 0.162 e. The average molecular weight is 234 g/mol. The quantitative estimate of drug-likeness (QED) is 0.585. The summed E-state index contributed by atoms with van der Waals surface area (Å²) in [6.07, 6.45) is 0.966. The minimum absolute atomic E-state index is 0.0544. The molecule has 0 aliphatic carbocycles. The second kappa shape index (κ2) is 4.22. The second-order valence-electron chi connectivity index (χ2n) is 3.76. The molecule has 0 amide bonds. The zero-order chi connectivity index (χ0) is 11.7. The lowest BCUT2D eigenvalue weighted by atomic mass is 10.1. The van der Waals surface area contributed by atoms with E-state index in [1.54, 1.807) is 0 Å². The summed E-state index contributed by atoms with van der Waals surface area (Å²) in [6, 6.07) is 7.82. The van der Waals surface area contributed by atoms with Crippen LogP contribution in [0.2, 0.25) is 5.15 Å². The van der Waals surface area contributed by atoms with E-state index in [1.165, 1.54) is 12.5 Å². The van der Waals surface area contributed by atoms with Crippen molar-refractivity contribution in [3.8, 4) is 0 Å². The SMILES string of the molecule is CCc1ccc2nc(Cl)c(C(C)=O)cc2c1. The van der Waals surface area contributed by atoms with E-state index >= 15 is 0 Å². The average Bonchev–Trinajstić information content (AvgIpc) is 2.27. The Morgan fingerprint density at radius 3 is 2.75 bits per heavy atom. The molecule has 3 heteroatoms. The minimum Gasteiger partial charge on any atom is -0.294 e. The molecule has 0 spiro atoms. The molecule has 1 aromatic carbocycles. The van der Waals surface area contributed by atoms with Crippen LogP contribution in [-0.2, 0) is 6.42 Å². The number of hydrogen-bond acceptors (Lipinski definition) is 2. The lowest BCUT2D eigenvalue weighted by Gasteiger charge is -2.04. The van der Waals surface area contributed by atoms with Crippen LogP contribution >= 0.6 is 11.6 Å². The van der Waals surface area contributed by atoms with Crippen molar-refractivity contribution in [2.45, 2.75) is 20.3 Å². The third kappa shape index (κ3) is 1.93. The summed E-state index contributed by atoms with van der Waals surface area (Å²) in [5.74, 6) is -0.0544. The summed E-state index contributed by atoms with van der Waals surface area (Å²) in [7, 11) is 0. The van der Waals surface area contributed by atoms with Crippen LogP contribution in [0.3, 0.4) is 0 Å². The number of rotatable bonds is 2. The molecule has 16 heavy (non-hydrogen) atoms. The molecule has 0 bridgehead atoms. The third-order valence-electron chi connectivity index (χ3n) is 2.62. The first-order valence-electron chi connectivity index (χ1n) is 5.22. The zero-order valence-corrected chi connectivity index (χ0v) is 10.0. The number of fused-ring (bicyclic) bond motifs is 1. The Hall–Kier alpha value is -1.41. The van der Waals surface area contributed by atoms with Crippen LogP contribution in [-0.4, -0.2) is 10.8 Å². The van der Waals surface area contributed by atoms with Gasteiger partial charge >= 0.3 is 0 Å². The monoisotopic (exact) mass is 233 g/mol. The number of benzene rings is 1. The van der Waals surface area contributed by atoms with Crippen molar-refractivity contribution in [3.63, 3.8) is 0 Å². The number of hydrogen-bond donors (Lipinski definition) is 0. The van der Waals surface area contributed by atoms with Gasteiger partial charge in [-0.1, -0.05) is 24.6 Å². The molecule has 0 N–H and O–H groups in total. The van der Waals surface area contributed by atoms with Gasteiger partial charge in [0.05, 0.1) is 11.1 Å². The van der Waals surface area contributed by atoms with Crippen molar-refractivity contribution in [2.24, 2.45) is 0 Å². The van der Waals surface area contributed by atoms with Crippen molar-refractivity contribution in [1.29, 1.82) is 0 Å². The number of pyridine rings is 1. The van der Waals surface area contributed by atoms with Crippen LogP contribution in [0.15, 0.2) is 24.3 Å². The van der Waals surface area contributed by atoms with Gasteiger partial charge in [-0.05, 0) is 37.1 Å². The molecule has 0 aliphatic heterocycles. The van der Waals surface area contributed by atoms with Gasteiger partial charge in [0.15, 0.2) is 5.78 Å². The Labute approximate surface area is 99.3 Å². The molecule has 1 heterocycles.